The number of thiophene rings is 1. The van der Waals surface area contributed by atoms with Crippen LogP contribution in [0, 0.1) is 0 Å². The van der Waals surface area contributed by atoms with Crippen molar-refractivity contribution in [3.63, 3.8) is 0 Å². The van der Waals surface area contributed by atoms with Crippen LogP contribution in [-0.4, -0.2) is 31.7 Å². The maximum atomic E-state index is 12.5. The van der Waals surface area contributed by atoms with Crippen LogP contribution in [0.25, 0.3) is 0 Å². The van der Waals surface area contributed by atoms with Crippen LogP contribution in [0.2, 0.25) is 0 Å². The van der Waals surface area contributed by atoms with Crippen LogP contribution in [-0.2, 0) is 27.8 Å². The summed E-state index contributed by atoms with van der Waals surface area (Å²) < 4.78 is 27.4. The molecule has 5 nitrogen and oxygen atoms in total. The van der Waals surface area contributed by atoms with E-state index in [1.807, 2.05) is 25.3 Å². The van der Waals surface area contributed by atoms with Gasteiger partial charge in [0.2, 0.25) is 15.9 Å². The fourth-order valence-corrected chi connectivity index (χ4v) is 5.37. The minimum Gasteiger partial charge on any atom is -0.351 e. The lowest BCUT2D eigenvalue weighted by molar-refractivity contribution is -0.121. The summed E-state index contributed by atoms with van der Waals surface area (Å²) in [7, 11) is -3.44. The number of hydrogen-bond acceptors (Lipinski definition) is 4. The molecule has 0 spiro atoms. The lowest BCUT2D eigenvalue weighted by atomic mass is 10.1. The maximum Gasteiger partial charge on any atom is 0.243 e. The quantitative estimate of drug-likeness (QED) is 0.621. The van der Waals surface area contributed by atoms with Crippen molar-refractivity contribution in [3.8, 4) is 0 Å². The topological polar surface area (TPSA) is 66.5 Å². The van der Waals surface area contributed by atoms with E-state index >= 15 is 0 Å². The number of halogens is 1. The minimum absolute atomic E-state index is 0.0191. The Morgan fingerprint density at radius 2 is 1.85 bits per heavy atom. The van der Waals surface area contributed by atoms with E-state index in [2.05, 4.69) is 21.2 Å². The van der Waals surface area contributed by atoms with Gasteiger partial charge in [-0.1, -0.05) is 26.0 Å². The van der Waals surface area contributed by atoms with Crippen molar-refractivity contribution in [2.45, 2.75) is 38.1 Å². The predicted octanol–water partition coefficient (Wildman–Crippen LogP) is 3.79. The predicted molar refractivity (Wildman–Crippen MR) is 109 cm³/mol. The first-order valence-corrected chi connectivity index (χ1v) is 11.6. The maximum absolute atomic E-state index is 12.5. The van der Waals surface area contributed by atoms with E-state index in [1.165, 1.54) is 4.31 Å². The first-order valence-electron chi connectivity index (χ1n) is 8.45. The molecule has 0 saturated carbocycles. The molecule has 142 valence electrons. The van der Waals surface area contributed by atoms with E-state index in [0.29, 0.717) is 32.5 Å². The van der Waals surface area contributed by atoms with E-state index in [1.54, 1.807) is 35.6 Å². The Morgan fingerprint density at radius 3 is 2.38 bits per heavy atom. The molecule has 0 aliphatic heterocycles. The lowest BCUT2D eigenvalue weighted by Crippen LogP contribution is -2.30. The molecule has 0 atom stereocenters. The number of nitrogens with zero attached hydrogens (tertiary/aromatic N) is 1. The van der Waals surface area contributed by atoms with Gasteiger partial charge >= 0.3 is 0 Å². The second-order valence-corrected chi connectivity index (χ2v) is 9.59. The molecule has 1 aromatic heterocycles. The molecule has 0 bridgehead atoms. The molecule has 1 N–H and O–H groups in total. The summed E-state index contributed by atoms with van der Waals surface area (Å²) in [6, 6.07) is 8.77. The Kier molecular flexibility index (Phi) is 7.82. The average molecular weight is 459 g/mol. The molecular weight excluding hydrogens is 436 g/mol. The highest BCUT2D eigenvalue weighted by Crippen LogP contribution is 2.19. The van der Waals surface area contributed by atoms with Crippen molar-refractivity contribution in [3.05, 3.63) is 50.6 Å². The molecule has 0 fully saturated rings. The molecule has 1 amide bonds. The third-order valence-electron chi connectivity index (χ3n) is 3.99. The van der Waals surface area contributed by atoms with Crippen LogP contribution < -0.4 is 5.32 Å². The molecule has 0 unspecified atom stereocenters. The number of carbonyl (C=O) groups is 1. The van der Waals surface area contributed by atoms with Gasteiger partial charge in [-0.3, -0.25) is 4.79 Å². The Bertz CT molecular complexity index is 828. The Morgan fingerprint density at radius 1 is 1.19 bits per heavy atom. The molecule has 1 aromatic carbocycles. The van der Waals surface area contributed by atoms with E-state index in [-0.39, 0.29) is 10.8 Å². The van der Waals surface area contributed by atoms with Gasteiger partial charge in [0.15, 0.2) is 0 Å². The molecule has 2 aromatic rings. The number of rotatable bonds is 9. The fourth-order valence-electron chi connectivity index (χ4n) is 2.52. The van der Waals surface area contributed by atoms with Gasteiger partial charge in [0, 0.05) is 34.2 Å². The minimum atomic E-state index is -3.44. The second kappa shape index (κ2) is 9.64. The SMILES string of the molecule is CCN(CC)S(=O)(=O)c1ccc(CCC(=O)NCc2cc(Br)cs2)cc1. The van der Waals surface area contributed by atoms with Gasteiger partial charge < -0.3 is 5.32 Å². The van der Waals surface area contributed by atoms with E-state index in [9.17, 15) is 13.2 Å². The largest absolute Gasteiger partial charge is 0.351 e. The van der Waals surface area contributed by atoms with Crippen molar-refractivity contribution in [2.75, 3.05) is 13.1 Å². The molecule has 2 rings (SSSR count). The van der Waals surface area contributed by atoms with Crippen LogP contribution in [0.5, 0.6) is 0 Å². The summed E-state index contributed by atoms with van der Waals surface area (Å²) in [6.45, 7) is 5.06. The van der Waals surface area contributed by atoms with Gasteiger partial charge in [-0.2, -0.15) is 4.31 Å². The fraction of sp³-hybridized carbons (Fsp3) is 0.389. The second-order valence-electron chi connectivity index (χ2n) is 5.74. The highest BCUT2D eigenvalue weighted by molar-refractivity contribution is 9.10. The van der Waals surface area contributed by atoms with E-state index < -0.39 is 10.0 Å². The molecule has 1 heterocycles. The molecular formula is C18H23BrN2O3S2. The van der Waals surface area contributed by atoms with Crippen molar-refractivity contribution in [1.29, 1.82) is 0 Å². The number of benzene rings is 1. The molecule has 0 radical (unpaired) electrons. The van der Waals surface area contributed by atoms with Crippen molar-refractivity contribution in [2.24, 2.45) is 0 Å². The Hall–Kier alpha value is -1.22. The Balaban J connectivity index is 1.88. The first kappa shape index (κ1) is 21.1. The van der Waals surface area contributed by atoms with Crippen molar-refractivity contribution >= 4 is 43.2 Å². The van der Waals surface area contributed by atoms with Crippen LogP contribution in [0.1, 0.15) is 30.7 Å². The number of hydrogen-bond donors (Lipinski definition) is 1. The molecule has 0 aliphatic carbocycles. The van der Waals surface area contributed by atoms with Crippen LogP contribution in [0.4, 0.5) is 0 Å². The van der Waals surface area contributed by atoms with E-state index in [4.69, 9.17) is 0 Å². The third kappa shape index (κ3) is 5.64. The third-order valence-corrected chi connectivity index (χ3v) is 7.75. The number of amides is 1. The van der Waals surface area contributed by atoms with Crippen molar-refractivity contribution < 1.29 is 13.2 Å². The Labute approximate surface area is 167 Å². The number of sulfonamides is 1. The first-order chi connectivity index (χ1) is 12.4. The van der Waals surface area contributed by atoms with Gasteiger partial charge in [-0.05, 0) is 46.1 Å². The highest BCUT2D eigenvalue weighted by Gasteiger charge is 2.21. The monoisotopic (exact) mass is 458 g/mol. The van der Waals surface area contributed by atoms with E-state index in [0.717, 1.165) is 14.9 Å². The summed E-state index contributed by atoms with van der Waals surface area (Å²) in [5, 5.41) is 4.88. The standard InChI is InChI=1S/C18H23BrN2O3S2/c1-3-21(4-2)26(23,24)17-8-5-14(6-9-17)7-10-18(22)20-12-16-11-15(19)13-25-16/h5-6,8-9,11,13H,3-4,7,10,12H2,1-2H3,(H,20,22). The summed E-state index contributed by atoms with van der Waals surface area (Å²) in [5.74, 6) is -0.0191. The van der Waals surface area contributed by atoms with Gasteiger partial charge in [0.1, 0.15) is 0 Å². The summed E-state index contributed by atoms with van der Waals surface area (Å²) >= 11 is 4.98. The van der Waals surface area contributed by atoms with Crippen molar-refractivity contribution in [1.82, 2.24) is 9.62 Å². The normalized spacial score (nSPS) is 11.7. The summed E-state index contributed by atoms with van der Waals surface area (Å²) in [4.78, 5) is 13.4. The summed E-state index contributed by atoms with van der Waals surface area (Å²) in [6.07, 6.45) is 0.945. The molecule has 0 saturated heterocycles. The smallest absolute Gasteiger partial charge is 0.243 e. The zero-order valence-corrected chi connectivity index (χ0v) is 18.1. The van der Waals surface area contributed by atoms with Crippen LogP contribution in [0.3, 0.4) is 0 Å². The number of nitrogens with one attached hydrogen (secondary N) is 1. The highest BCUT2D eigenvalue weighted by atomic mass is 79.9. The van der Waals surface area contributed by atoms with Gasteiger partial charge in [-0.25, -0.2) is 8.42 Å². The summed E-state index contributed by atoms with van der Waals surface area (Å²) in [5.41, 5.74) is 0.942. The van der Waals surface area contributed by atoms with Gasteiger partial charge in [0.25, 0.3) is 0 Å². The lowest BCUT2D eigenvalue weighted by Gasteiger charge is -2.18. The van der Waals surface area contributed by atoms with Gasteiger partial charge in [0.05, 0.1) is 11.4 Å². The molecule has 8 heteroatoms. The van der Waals surface area contributed by atoms with Crippen LogP contribution >= 0.6 is 27.3 Å². The molecule has 0 aliphatic rings. The average Bonchev–Trinajstić information content (AvgIpc) is 3.04. The number of aryl methyl sites for hydroxylation is 1. The van der Waals surface area contributed by atoms with Gasteiger partial charge in [-0.15, -0.1) is 11.3 Å². The number of carbonyl (C=O) groups excluding carboxylic acids is 1. The molecule has 26 heavy (non-hydrogen) atoms. The zero-order chi connectivity index (χ0) is 19.2. The van der Waals surface area contributed by atoms with Crippen LogP contribution in [0.15, 0.2) is 45.1 Å². The zero-order valence-electron chi connectivity index (χ0n) is 14.9.